The number of halogens is 4. The predicted molar refractivity (Wildman–Crippen MR) is 514 cm³/mol. The van der Waals surface area contributed by atoms with Gasteiger partial charge in [-0.05, 0) is 288 Å². The maximum Gasteiger partial charge on any atom is 0.121 e. The van der Waals surface area contributed by atoms with Crippen LogP contribution in [0.25, 0.3) is 0 Å². The number of aliphatic hydroxyl groups is 2. The Balaban J connectivity index is 0.000000128. The summed E-state index contributed by atoms with van der Waals surface area (Å²) in [6.07, 6.45) is 27.4. The highest BCUT2D eigenvalue weighted by Crippen LogP contribution is 2.51. The fourth-order valence-electron chi connectivity index (χ4n) is 21.5. The van der Waals surface area contributed by atoms with Gasteiger partial charge in [-0.1, -0.05) is 181 Å². The Bertz CT molecular complexity index is 4760. The van der Waals surface area contributed by atoms with E-state index in [1.807, 2.05) is 24.3 Å². The van der Waals surface area contributed by atoms with E-state index in [1.165, 1.54) is 128 Å². The van der Waals surface area contributed by atoms with Crippen molar-refractivity contribution in [2.45, 2.75) is 254 Å². The summed E-state index contributed by atoms with van der Waals surface area (Å²) in [6.45, 7) is 32.8. The molecular formula is C108H138Cl4N6O6. The molecule has 18 rings (SSSR count). The Labute approximate surface area is 762 Å². The number of benzene rings is 8. The summed E-state index contributed by atoms with van der Waals surface area (Å²) in [5, 5.41) is 32.7. The third-order valence-corrected chi connectivity index (χ3v) is 31.6. The van der Waals surface area contributed by atoms with Crippen molar-refractivity contribution in [2.75, 3.05) is 89.4 Å². The summed E-state index contributed by atoms with van der Waals surface area (Å²) in [5.41, 5.74) is 15.4. The molecule has 12 nitrogen and oxygen atoms in total. The Kier molecular flexibility index (Phi) is 31.1. The van der Waals surface area contributed by atoms with Crippen molar-refractivity contribution in [1.29, 1.82) is 0 Å². The molecule has 4 N–H and O–H groups in total. The van der Waals surface area contributed by atoms with Crippen molar-refractivity contribution in [3.63, 3.8) is 0 Å². The minimum atomic E-state index is -0.371. The molecule has 10 atom stereocenters. The number of piperidine rings is 4. The first-order valence-electron chi connectivity index (χ1n) is 47.1. The molecule has 0 spiro atoms. The van der Waals surface area contributed by atoms with E-state index in [1.54, 1.807) is 0 Å². The summed E-state index contributed by atoms with van der Waals surface area (Å²) in [4.78, 5) is 10.4. The van der Waals surface area contributed by atoms with Crippen molar-refractivity contribution >= 4 is 57.8 Å². The number of likely N-dealkylation sites (tertiary alicyclic amines) is 4. The van der Waals surface area contributed by atoms with Crippen LogP contribution >= 0.6 is 46.4 Å². The lowest BCUT2D eigenvalue weighted by Crippen LogP contribution is -2.54. The molecule has 10 unspecified atom stereocenters. The highest BCUT2D eigenvalue weighted by atomic mass is 35.5. The molecule has 6 aliphatic heterocycles. The Morgan fingerprint density at radius 3 is 0.935 bits per heavy atom. The average molecular weight is 1760 g/mol. The number of aliphatic hydroxyl groups excluding tert-OH is 2. The second kappa shape index (κ2) is 42.0. The first-order valence-corrected chi connectivity index (χ1v) is 48.6. The molecule has 0 aromatic heterocycles. The van der Waals surface area contributed by atoms with E-state index in [0.29, 0.717) is 71.8 Å². The van der Waals surface area contributed by atoms with Gasteiger partial charge in [0.25, 0.3) is 0 Å². The maximum atomic E-state index is 11.4. The number of anilines is 2. The number of rotatable bonds is 26. The summed E-state index contributed by atoms with van der Waals surface area (Å²) in [5.74, 6) is 5.98. The fraction of sp³-hybridized carbons (Fsp3) is 0.519. The Hall–Kier alpha value is -7.04. The smallest absolute Gasteiger partial charge is 0.121 e. The highest BCUT2D eigenvalue weighted by Gasteiger charge is 2.49. The number of β-amino-alcohol motifs (C(OH)–C–C–N with tert-alkyl or cyclic N) is 2. The normalized spacial score (nSPS) is 24.8. The highest BCUT2D eigenvalue weighted by molar-refractivity contribution is 6.31. The van der Waals surface area contributed by atoms with E-state index in [2.05, 4.69) is 243 Å². The van der Waals surface area contributed by atoms with E-state index in [4.69, 9.17) is 65.4 Å². The maximum absolute atomic E-state index is 11.4. The molecule has 0 radical (unpaired) electrons. The first kappa shape index (κ1) is 91.7. The summed E-state index contributed by atoms with van der Waals surface area (Å²) >= 11 is 24.5. The third-order valence-electron chi connectivity index (χ3n) is 30.6. The van der Waals surface area contributed by atoms with Gasteiger partial charge < -0.3 is 39.8 Å². The van der Waals surface area contributed by atoms with Gasteiger partial charge >= 0.3 is 0 Å². The Morgan fingerprint density at radius 2 is 0.637 bits per heavy atom. The van der Waals surface area contributed by atoms with Crippen molar-refractivity contribution in [1.82, 2.24) is 19.6 Å². The zero-order valence-corrected chi connectivity index (χ0v) is 77.8. The fourth-order valence-corrected chi connectivity index (χ4v) is 22.0. The standard InChI is InChI=1S/C29H37ClN2O2.C28H35ClN2O.C26H34ClNO2.C25H32ClNO/c1-20-4-7-23-8-13-26(16-27(23)31-20)34-19-22-6-5-21(2)32(17-22)18-28(33)29(14-3-15-29)24-9-11-25(30)12-10-24;1-20-4-7-23-8-13-26(16-27(23)30-20)32-18-22-6-5-21(2)31(17-22)19-28(14-3-15-28)24-9-11-25(29)12-10-24;1-19-4-12-24(13-5-19)30-18-21-7-6-20(2)28(16-21)17-25(29)26(14-3-15-26)22-8-10-23(27)11-9-22;1-19-4-12-24(13-5-19)28-17-21-7-6-20(2)27(16-21)18-25(14-3-15-25)22-8-10-23(26)11-9-22/h8-13,16,21-22,28,31,33H,1,3-7,14-15,17-19H2,2H3;8-13,16,21-22,30H,1,3-7,14-15,17-19H2,2H3;4-5,8-13,20-21,25,29H,3,6-7,14-18H2,1-2H3;4-5,8-13,20-21H,3,6-7,14-18H2,1-2H3. The quantitative estimate of drug-likeness (QED) is 0.0414. The minimum Gasteiger partial charge on any atom is -0.493 e. The van der Waals surface area contributed by atoms with Crippen LogP contribution in [-0.4, -0.2) is 145 Å². The number of hydrogen-bond acceptors (Lipinski definition) is 12. The van der Waals surface area contributed by atoms with Gasteiger partial charge in [0, 0.05) is 177 Å². The van der Waals surface area contributed by atoms with Crippen LogP contribution in [0.15, 0.2) is 207 Å². The lowest BCUT2D eigenvalue weighted by molar-refractivity contribution is -0.0214. The number of allylic oxidation sites excluding steroid dienone is 2. The third kappa shape index (κ3) is 23.0. The second-order valence-corrected chi connectivity index (χ2v) is 41.0. The molecule has 10 aliphatic rings. The number of hydrogen-bond donors (Lipinski definition) is 4. The number of fused-ring (bicyclic) bond motifs is 2. The van der Waals surface area contributed by atoms with E-state index < -0.39 is 0 Å². The van der Waals surface area contributed by atoms with Crippen LogP contribution in [0.5, 0.6) is 23.0 Å². The minimum absolute atomic E-state index is 0.115. The van der Waals surface area contributed by atoms with Crippen LogP contribution in [0.3, 0.4) is 0 Å². The summed E-state index contributed by atoms with van der Waals surface area (Å²) in [6, 6.07) is 65.2. The lowest BCUT2D eigenvalue weighted by Gasteiger charge is -2.49. The van der Waals surface area contributed by atoms with Gasteiger partial charge in [-0.2, -0.15) is 0 Å². The van der Waals surface area contributed by atoms with Crippen LogP contribution in [0.4, 0.5) is 11.4 Å². The van der Waals surface area contributed by atoms with E-state index in [9.17, 15) is 10.2 Å². The van der Waals surface area contributed by atoms with Crippen molar-refractivity contribution in [2.24, 2.45) is 23.7 Å². The van der Waals surface area contributed by atoms with Gasteiger partial charge in [0.05, 0.1) is 38.6 Å². The van der Waals surface area contributed by atoms with Crippen LogP contribution in [0, 0.1) is 37.5 Å². The van der Waals surface area contributed by atoms with Crippen molar-refractivity contribution in [3.8, 4) is 23.0 Å². The molecule has 4 saturated heterocycles. The van der Waals surface area contributed by atoms with Gasteiger partial charge in [-0.3, -0.25) is 19.6 Å². The molecule has 124 heavy (non-hydrogen) atoms. The van der Waals surface area contributed by atoms with Crippen LogP contribution < -0.4 is 29.6 Å². The molecule has 0 amide bonds. The monoisotopic (exact) mass is 1750 g/mol. The molecule has 8 aromatic rings. The van der Waals surface area contributed by atoms with E-state index in [0.717, 1.165) is 202 Å². The van der Waals surface area contributed by atoms with Gasteiger partial charge in [0.2, 0.25) is 0 Å². The molecule has 4 aliphatic carbocycles. The first-order chi connectivity index (χ1) is 59.9. The molecule has 6 heterocycles. The van der Waals surface area contributed by atoms with Gasteiger partial charge in [0.1, 0.15) is 23.0 Å². The van der Waals surface area contributed by atoms with Crippen LogP contribution in [0.1, 0.15) is 213 Å². The number of nitrogens with zero attached hydrogens (tertiary/aromatic N) is 4. The molecule has 4 saturated carbocycles. The van der Waals surface area contributed by atoms with Gasteiger partial charge in [-0.15, -0.1) is 0 Å². The molecule has 0 bridgehead atoms. The summed E-state index contributed by atoms with van der Waals surface area (Å²) < 4.78 is 24.7. The van der Waals surface area contributed by atoms with Gasteiger partial charge in [0.15, 0.2) is 0 Å². The molecule has 664 valence electrons. The lowest BCUT2D eigenvalue weighted by atomic mass is 9.61. The molecule has 16 heteroatoms. The summed E-state index contributed by atoms with van der Waals surface area (Å²) in [7, 11) is 0. The van der Waals surface area contributed by atoms with E-state index in [-0.39, 0.29) is 23.0 Å². The van der Waals surface area contributed by atoms with Crippen molar-refractivity contribution < 1.29 is 29.2 Å². The van der Waals surface area contributed by atoms with Crippen LogP contribution in [0.2, 0.25) is 20.1 Å². The van der Waals surface area contributed by atoms with Crippen LogP contribution in [-0.2, 0) is 34.5 Å². The van der Waals surface area contributed by atoms with Gasteiger partial charge in [-0.25, -0.2) is 0 Å². The predicted octanol–water partition coefficient (Wildman–Crippen LogP) is 24.8. The average Bonchev–Trinajstić information content (AvgIpc) is 0.763. The molecule has 8 aromatic carbocycles. The SMILES string of the molecule is C=C1CCc2ccc(OCC3CCC(C)N(CC(O)C4(c5ccc(Cl)cc5)CCC4)C3)cc2N1.C=C1CCc2ccc(OCC3CCC(C)N(CC4(c5ccc(Cl)cc5)CCC4)C3)cc2N1.Cc1ccc(OCC2CCC(C)N(CC(O)C3(c4ccc(Cl)cc4)CCC3)C2)cc1.Cc1ccc(OCC2CCC(C)N(CC3(c4ccc(Cl)cc4)CCC3)C2)cc1. The second-order valence-electron chi connectivity index (χ2n) is 39.2. The zero-order chi connectivity index (χ0) is 86.5. The number of aryl methyl sites for hydroxylation is 4. The number of ether oxygens (including phenoxy) is 4. The number of nitrogens with one attached hydrogen (secondary N) is 2. The zero-order valence-electron chi connectivity index (χ0n) is 74.8. The topological polar surface area (TPSA) is 114 Å². The molecule has 8 fully saturated rings. The molecular weight excluding hydrogens is 1620 g/mol. The van der Waals surface area contributed by atoms with Crippen molar-refractivity contribution in [3.05, 3.63) is 271 Å². The van der Waals surface area contributed by atoms with E-state index >= 15 is 0 Å². The largest absolute Gasteiger partial charge is 0.493 e. The Morgan fingerprint density at radius 1 is 0.355 bits per heavy atom.